The fourth-order valence-corrected chi connectivity index (χ4v) is 3.95. The summed E-state index contributed by atoms with van der Waals surface area (Å²) in [6, 6.07) is 13.9. The molecule has 0 saturated heterocycles. The number of hydrogen-bond acceptors (Lipinski definition) is 5. The van der Waals surface area contributed by atoms with Crippen LogP contribution in [-0.4, -0.2) is 32.0 Å². The molecule has 3 aromatic rings. The second-order valence-corrected chi connectivity index (χ2v) is 8.29. The summed E-state index contributed by atoms with van der Waals surface area (Å²) in [4.78, 5) is 32.0. The van der Waals surface area contributed by atoms with E-state index in [0.717, 1.165) is 17.0 Å². The summed E-state index contributed by atoms with van der Waals surface area (Å²) in [7, 11) is 0. The van der Waals surface area contributed by atoms with Gasteiger partial charge in [0, 0.05) is 23.4 Å². The zero-order chi connectivity index (χ0) is 21.7. The molecule has 2 aromatic carbocycles. The number of thioether (sulfide) groups is 1. The van der Waals surface area contributed by atoms with Gasteiger partial charge >= 0.3 is 0 Å². The number of nitrogens with zero attached hydrogens (tertiary/aromatic N) is 1. The Balaban J connectivity index is 1.65. The number of carbonyl (C=O) groups is 2. The lowest BCUT2D eigenvalue weighted by Gasteiger charge is -2.13. The van der Waals surface area contributed by atoms with Gasteiger partial charge in [0.2, 0.25) is 5.91 Å². The van der Waals surface area contributed by atoms with E-state index >= 15 is 0 Å². The van der Waals surface area contributed by atoms with Gasteiger partial charge in [0.1, 0.15) is 5.75 Å². The van der Waals surface area contributed by atoms with Gasteiger partial charge in [-0.25, -0.2) is 4.98 Å². The average molecular weight is 424 g/mol. The summed E-state index contributed by atoms with van der Waals surface area (Å²) < 4.78 is 0. The van der Waals surface area contributed by atoms with Crippen molar-refractivity contribution in [2.45, 2.75) is 44.0 Å². The molecule has 6 nitrogen and oxygen atoms in total. The quantitative estimate of drug-likeness (QED) is 0.360. The Morgan fingerprint density at radius 3 is 2.40 bits per heavy atom. The maximum absolute atomic E-state index is 12.7. The first kappa shape index (κ1) is 21.6. The molecule has 7 heteroatoms. The molecule has 0 radical (unpaired) electrons. The van der Waals surface area contributed by atoms with Gasteiger partial charge in [0.05, 0.1) is 10.9 Å². The van der Waals surface area contributed by atoms with Gasteiger partial charge in [-0.1, -0.05) is 30.8 Å². The molecule has 0 fully saturated rings. The minimum Gasteiger partial charge on any atom is -0.508 e. The topological polar surface area (TPSA) is 95.1 Å². The number of carbonyl (C=O) groups excluding carboxylic acids is 2. The standard InChI is InChI=1S/C23H25N3O3S/c1-4-21(22(29)25-18-9-7-17(8-10-18)15(3)27)30-23-24-14(2)20(26-23)13-16-5-11-19(28)12-6-16/h5-12,21,28H,4,13H2,1-3H3,(H,24,26)(H,25,29). The number of H-pyrrole nitrogens is 1. The normalized spacial score (nSPS) is 11.8. The van der Waals surface area contributed by atoms with Crippen molar-refractivity contribution in [3.63, 3.8) is 0 Å². The molecule has 0 saturated carbocycles. The molecule has 1 aromatic heterocycles. The third kappa shape index (κ3) is 5.51. The van der Waals surface area contributed by atoms with Crippen LogP contribution in [0, 0.1) is 6.92 Å². The van der Waals surface area contributed by atoms with Crippen molar-refractivity contribution in [3.05, 3.63) is 71.0 Å². The number of phenolic OH excluding ortho intramolecular Hbond substituents is 1. The van der Waals surface area contributed by atoms with Crippen LogP contribution in [0.2, 0.25) is 0 Å². The molecule has 0 aliphatic carbocycles. The fourth-order valence-electron chi connectivity index (χ4n) is 2.97. The highest BCUT2D eigenvalue weighted by Gasteiger charge is 2.20. The molecule has 0 aliphatic rings. The highest BCUT2D eigenvalue weighted by atomic mass is 32.2. The van der Waals surface area contributed by atoms with Crippen molar-refractivity contribution in [1.29, 1.82) is 0 Å². The number of ketones is 1. The summed E-state index contributed by atoms with van der Waals surface area (Å²) in [6.45, 7) is 5.44. The molecule has 30 heavy (non-hydrogen) atoms. The Labute approximate surface area is 180 Å². The summed E-state index contributed by atoms with van der Waals surface area (Å²) in [6.07, 6.45) is 1.30. The number of aromatic nitrogens is 2. The molecule has 3 N–H and O–H groups in total. The smallest absolute Gasteiger partial charge is 0.237 e. The van der Waals surface area contributed by atoms with Gasteiger partial charge < -0.3 is 15.4 Å². The third-order valence-electron chi connectivity index (χ3n) is 4.75. The number of hydrogen-bond donors (Lipinski definition) is 3. The highest BCUT2D eigenvalue weighted by molar-refractivity contribution is 8.00. The lowest BCUT2D eigenvalue weighted by Crippen LogP contribution is -2.24. The predicted molar refractivity (Wildman–Crippen MR) is 119 cm³/mol. The highest BCUT2D eigenvalue weighted by Crippen LogP contribution is 2.26. The number of aromatic amines is 1. The number of imidazole rings is 1. The number of anilines is 1. The lowest BCUT2D eigenvalue weighted by atomic mass is 10.1. The zero-order valence-electron chi connectivity index (χ0n) is 17.2. The minimum absolute atomic E-state index is 0.00818. The maximum Gasteiger partial charge on any atom is 0.237 e. The molecule has 0 bridgehead atoms. The Kier molecular flexibility index (Phi) is 6.95. The number of amides is 1. The van der Waals surface area contributed by atoms with E-state index in [1.807, 2.05) is 26.0 Å². The number of aryl methyl sites for hydroxylation is 1. The van der Waals surface area contributed by atoms with Crippen LogP contribution >= 0.6 is 11.8 Å². The van der Waals surface area contributed by atoms with Crippen molar-refractivity contribution < 1.29 is 14.7 Å². The number of aromatic hydroxyl groups is 1. The Morgan fingerprint density at radius 2 is 1.80 bits per heavy atom. The van der Waals surface area contributed by atoms with E-state index in [1.54, 1.807) is 36.4 Å². The average Bonchev–Trinajstić information content (AvgIpc) is 3.07. The molecular formula is C23H25N3O3S. The van der Waals surface area contributed by atoms with Crippen LogP contribution in [0.4, 0.5) is 5.69 Å². The van der Waals surface area contributed by atoms with Gasteiger partial charge in [-0.05, 0) is 62.2 Å². The first-order chi connectivity index (χ1) is 14.4. The Bertz CT molecular complexity index is 1030. The SMILES string of the molecule is CCC(Sc1nc(Cc2ccc(O)cc2)c(C)[nH]1)C(=O)Nc1ccc(C(C)=O)cc1. The summed E-state index contributed by atoms with van der Waals surface area (Å²) in [5.74, 6) is 0.125. The van der Waals surface area contributed by atoms with Crippen molar-refractivity contribution in [2.24, 2.45) is 0 Å². The molecule has 0 aliphatic heterocycles. The van der Waals surface area contributed by atoms with E-state index in [9.17, 15) is 14.7 Å². The maximum atomic E-state index is 12.7. The monoisotopic (exact) mass is 423 g/mol. The lowest BCUT2D eigenvalue weighted by molar-refractivity contribution is -0.115. The largest absolute Gasteiger partial charge is 0.508 e. The molecule has 0 spiro atoms. The number of nitrogens with one attached hydrogen (secondary N) is 2. The van der Waals surface area contributed by atoms with Crippen LogP contribution in [0.15, 0.2) is 53.7 Å². The van der Waals surface area contributed by atoms with E-state index in [2.05, 4.69) is 15.3 Å². The van der Waals surface area contributed by atoms with Crippen molar-refractivity contribution in [2.75, 3.05) is 5.32 Å². The van der Waals surface area contributed by atoms with Gasteiger partial charge in [-0.3, -0.25) is 9.59 Å². The van der Waals surface area contributed by atoms with Crippen LogP contribution in [0.1, 0.15) is 47.6 Å². The van der Waals surface area contributed by atoms with Crippen molar-refractivity contribution >= 4 is 29.1 Å². The van der Waals surface area contributed by atoms with E-state index in [4.69, 9.17) is 0 Å². The van der Waals surface area contributed by atoms with Gasteiger partial charge in [0.25, 0.3) is 0 Å². The minimum atomic E-state index is -0.301. The third-order valence-corrected chi connectivity index (χ3v) is 6.00. The van der Waals surface area contributed by atoms with Gasteiger partial charge in [0.15, 0.2) is 10.9 Å². The van der Waals surface area contributed by atoms with Crippen LogP contribution in [0.25, 0.3) is 0 Å². The first-order valence-electron chi connectivity index (χ1n) is 9.77. The number of benzene rings is 2. The first-order valence-corrected chi connectivity index (χ1v) is 10.7. The zero-order valence-corrected chi connectivity index (χ0v) is 18.0. The van der Waals surface area contributed by atoms with Crippen LogP contribution < -0.4 is 5.32 Å². The van der Waals surface area contributed by atoms with E-state index in [1.165, 1.54) is 18.7 Å². The number of phenols is 1. The number of rotatable bonds is 8. The van der Waals surface area contributed by atoms with E-state index in [0.29, 0.717) is 29.2 Å². The Hall–Kier alpha value is -3.06. The molecular weight excluding hydrogens is 398 g/mol. The molecule has 1 atom stereocenters. The fraction of sp³-hybridized carbons (Fsp3) is 0.261. The van der Waals surface area contributed by atoms with E-state index < -0.39 is 0 Å². The van der Waals surface area contributed by atoms with Crippen molar-refractivity contribution in [1.82, 2.24) is 9.97 Å². The van der Waals surface area contributed by atoms with Crippen LogP contribution in [-0.2, 0) is 11.2 Å². The molecule has 3 rings (SSSR count). The summed E-state index contributed by atoms with van der Waals surface area (Å²) in [5, 5.41) is 12.7. The predicted octanol–water partition coefficient (Wildman–Crippen LogP) is 4.73. The van der Waals surface area contributed by atoms with Crippen molar-refractivity contribution in [3.8, 4) is 5.75 Å². The Morgan fingerprint density at radius 1 is 1.13 bits per heavy atom. The van der Waals surface area contributed by atoms with Crippen LogP contribution in [0.3, 0.4) is 0 Å². The molecule has 1 unspecified atom stereocenters. The summed E-state index contributed by atoms with van der Waals surface area (Å²) in [5.41, 5.74) is 4.20. The van der Waals surface area contributed by atoms with Gasteiger partial charge in [-0.2, -0.15) is 0 Å². The molecule has 1 heterocycles. The second kappa shape index (κ2) is 9.63. The van der Waals surface area contributed by atoms with Gasteiger partial charge in [-0.15, -0.1) is 0 Å². The second-order valence-electron chi connectivity index (χ2n) is 7.09. The molecule has 156 valence electrons. The van der Waals surface area contributed by atoms with Crippen LogP contribution in [0.5, 0.6) is 5.75 Å². The summed E-state index contributed by atoms with van der Waals surface area (Å²) >= 11 is 1.40. The van der Waals surface area contributed by atoms with E-state index in [-0.39, 0.29) is 22.7 Å². The number of Topliss-reactive ketones (excluding diaryl/α,β-unsaturated/α-hetero) is 1. The molecule has 1 amide bonds.